The van der Waals surface area contributed by atoms with Crippen molar-refractivity contribution in [3.8, 4) is 0 Å². The van der Waals surface area contributed by atoms with Crippen LogP contribution in [0.3, 0.4) is 0 Å². The molecule has 0 amide bonds. The molecular formula is C10H19ClF2N2. The number of nitrogens with zero attached hydrogens (tertiary/aromatic N) is 1. The molecule has 90 valence electrons. The van der Waals surface area contributed by atoms with E-state index in [4.69, 9.17) is 0 Å². The Labute approximate surface area is 95.8 Å². The maximum atomic E-state index is 13.5. The molecule has 0 radical (unpaired) electrons. The Kier molecular flexibility index (Phi) is 4.74. The highest BCUT2D eigenvalue weighted by molar-refractivity contribution is 5.85. The Hall–Kier alpha value is 0.0700. The van der Waals surface area contributed by atoms with E-state index in [0.29, 0.717) is 6.42 Å². The Morgan fingerprint density at radius 2 is 1.80 bits per heavy atom. The summed E-state index contributed by atoms with van der Waals surface area (Å²) in [6.07, 6.45) is 3.96. The molecule has 2 nitrogen and oxygen atoms in total. The molecule has 2 heterocycles. The lowest BCUT2D eigenvalue weighted by Gasteiger charge is -2.41. The van der Waals surface area contributed by atoms with Gasteiger partial charge in [-0.1, -0.05) is 6.42 Å². The molecule has 2 aliphatic rings. The number of hydrogen-bond donors (Lipinski definition) is 1. The first-order chi connectivity index (χ1) is 6.70. The first-order valence-electron chi connectivity index (χ1n) is 5.53. The monoisotopic (exact) mass is 240 g/mol. The third-order valence-electron chi connectivity index (χ3n) is 3.27. The summed E-state index contributed by atoms with van der Waals surface area (Å²) < 4.78 is 27.1. The lowest BCUT2D eigenvalue weighted by atomic mass is 9.98. The van der Waals surface area contributed by atoms with Gasteiger partial charge in [0.25, 0.3) is 5.92 Å². The van der Waals surface area contributed by atoms with Gasteiger partial charge in [-0.2, -0.15) is 0 Å². The van der Waals surface area contributed by atoms with Crippen molar-refractivity contribution >= 4 is 12.4 Å². The van der Waals surface area contributed by atoms with E-state index in [1.165, 1.54) is 6.42 Å². The molecule has 0 spiro atoms. The van der Waals surface area contributed by atoms with Crippen molar-refractivity contribution < 1.29 is 8.78 Å². The molecule has 0 saturated carbocycles. The molecule has 1 N–H and O–H groups in total. The molecule has 2 rings (SSSR count). The minimum absolute atomic E-state index is 0. The zero-order valence-electron chi connectivity index (χ0n) is 8.85. The smallest absolute Gasteiger partial charge is 0.275 e. The molecule has 0 aromatic rings. The molecule has 0 aromatic heterocycles. The van der Waals surface area contributed by atoms with Gasteiger partial charge in [0.2, 0.25) is 0 Å². The van der Waals surface area contributed by atoms with Crippen molar-refractivity contribution in [1.82, 2.24) is 10.2 Å². The molecule has 5 heteroatoms. The fourth-order valence-corrected chi connectivity index (χ4v) is 2.50. The van der Waals surface area contributed by atoms with Crippen LogP contribution in [-0.4, -0.2) is 43.0 Å². The number of alkyl halides is 2. The minimum Gasteiger partial charge on any atom is -0.311 e. The standard InChI is InChI=1S/C10H18F2N2.ClH/c11-10(12)8-13-5-4-9(10)14-6-2-1-3-7-14;/h9,13H,1-8H2;1H. The highest BCUT2D eigenvalue weighted by Gasteiger charge is 2.44. The fourth-order valence-electron chi connectivity index (χ4n) is 2.50. The predicted molar refractivity (Wildman–Crippen MR) is 58.9 cm³/mol. The molecule has 1 atom stereocenters. The van der Waals surface area contributed by atoms with Gasteiger partial charge < -0.3 is 5.32 Å². The second kappa shape index (κ2) is 5.41. The Morgan fingerprint density at radius 3 is 2.40 bits per heavy atom. The highest BCUT2D eigenvalue weighted by Crippen LogP contribution is 2.29. The summed E-state index contributed by atoms with van der Waals surface area (Å²) in [6.45, 7) is 2.31. The fraction of sp³-hybridized carbons (Fsp3) is 1.00. The van der Waals surface area contributed by atoms with Crippen molar-refractivity contribution in [2.45, 2.75) is 37.6 Å². The summed E-state index contributed by atoms with van der Waals surface area (Å²) in [6, 6.07) is -0.510. The van der Waals surface area contributed by atoms with E-state index in [1.807, 2.05) is 4.90 Å². The summed E-state index contributed by atoms with van der Waals surface area (Å²) >= 11 is 0. The van der Waals surface area contributed by atoms with Gasteiger partial charge in [0, 0.05) is 0 Å². The van der Waals surface area contributed by atoms with Crippen LogP contribution in [0.2, 0.25) is 0 Å². The molecule has 2 fully saturated rings. The summed E-state index contributed by atoms with van der Waals surface area (Å²) in [5.74, 6) is -2.53. The minimum atomic E-state index is -2.53. The van der Waals surface area contributed by atoms with Crippen LogP contribution in [0.4, 0.5) is 8.78 Å². The molecule has 0 aromatic carbocycles. The zero-order chi connectivity index (χ0) is 10.0. The molecule has 15 heavy (non-hydrogen) atoms. The Balaban J connectivity index is 0.00000112. The van der Waals surface area contributed by atoms with E-state index in [9.17, 15) is 8.78 Å². The highest BCUT2D eigenvalue weighted by atomic mass is 35.5. The van der Waals surface area contributed by atoms with Crippen molar-refractivity contribution in [1.29, 1.82) is 0 Å². The lowest BCUT2D eigenvalue weighted by Crippen LogP contribution is -2.58. The normalized spacial score (nSPS) is 32.0. The predicted octanol–water partition coefficient (Wildman–Crippen LogP) is 1.89. The second-order valence-corrected chi connectivity index (χ2v) is 4.34. The van der Waals surface area contributed by atoms with Crippen LogP contribution in [0.15, 0.2) is 0 Å². The third kappa shape index (κ3) is 3.02. The number of nitrogens with one attached hydrogen (secondary N) is 1. The first-order valence-corrected chi connectivity index (χ1v) is 5.53. The second-order valence-electron chi connectivity index (χ2n) is 4.34. The number of piperidine rings is 2. The van der Waals surface area contributed by atoms with Gasteiger partial charge in [0.1, 0.15) is 0 Å². The quantitative estimate of drug-likeness (QED) is 0.753. The van der Waals surface area contributed by atoms with E-state index >= 15 is 0 Å². The molecule has 1 unspecified atom stereocenters. The lowest BCUT2D eigenvalue weighted by molar-refractivity contribution is -0.0990. The zero-order valence-corrected chi connectivity index (χ0v) is 9.66. The molecular weight excluding hydrogens is 222 g/mol. The summed E-state index contributed by atoms with van der Waals surface area (Å²) in [5.41, 5.74) is 0. The van der Waals surface area contributed by atoms with Gasteiger partial charge in [-0.05, 0) is 38.9 Å². The van der Waals surface area contributed by atoms with Gasteiger partial charge in [0.15, 0.2) is 0 Å². The van der Waals surface area contributed by atoms with Crippen LogP contribution >= 0.6 is 12.4 Å². The van der Waals surface area contributed by atoms with Crippen molar-refractivity contribution in [3.63, 3.8) is 0 Å². The largest absolute Gasteiger partial charge is 0.311 e. The van der Waals surface area contributed by atoms with Crippen LogP contribution in [0.1, 0.15) is 25.7 Å². The van der Waals surface area contributed by atoms with Gasteiger partial charge in [-0.3, -0.25) is 4.90 Å². The topological polar surface area (TPSA) is 15.3 Å². The Morgan fingerprint density at radius 1 is 1.13 bits per heavy atom. The van der Waals surface area contributed by atoms with Crippen molar-refractivity contribution in [3.05, 3.63) is 0 Å². The molecule has 2 aliphatic heterocycles. The maximum absolute atomic E-state index is 13.5. The number of hydrogen-bond acceptors (Lipinski definition) is 2. The van der Waals surface area contributed by atoms with E-state index in [2.05, 4.69) is 5.32 Å². The van der Waals surface area contributed by atoms with Crippen molar-refractivity contribution in [2.24, 2.45) is 0 Å². The number of rotatable bonds is 1. The number of halogens is 3. The van der Waals surface area contributed by atoms with Crippen LogP contribution in [0, 0.1) is 0 Å². The van der Waals surface area contributed by atoms with E-state index in [-0.39, 0.29) is 19.0 Å². The van der Waals surface area contributed by atoms with Gasteiger partial charge in [-0.25, -0.2) is 8.78 Å². The van der Waals surface area contributed by atoms with Crippen LogP contribution < -0.4 is 5.32 Å². The van der Waals surface area contributed by atoms with Crippen LogP contribution in [0.5, 0.6) is 0 Å². The summed E-state index contributed by atoms with van der Waals surface area (Å²) in [7, 11) is 0. The summed E-state index contributed by atoms with van der Waals surface area (Å²) in [5, 5.41) is 2.77. The van der Waals surface area contributed by atoms with E-state index in [0.717, 1.165) is 32.5 Å². The Bertz CT molecular complexity index is 196. The van der Waals surface area contributed by atoms with E-state index < -0.39 is 12.0 Å². The summed E-state index contributed by atoms with van der Waals surface area (Å²) in [4.78, 5) is 1.99. The van der Waals surface area contributed by atoms with Crippen LogP contribution in [-0.2, 0) is 0 Å². The molecule has 0 aliphatic carbocycles. The number of likely N-dealkylation sites (tertiary alicyclic amines) is 1. The first kappa shape index (κ1) is 13.1. The molecule has 2 saturated heterocycles. The van der Waals surface area contributed by atoms with E-state index in [1.54, 1.807) is 0 Å². The van der Waals surface area contributed by atoms with Crippen LogP contribution in [0.25, 0.3) is 0 Å². The van der Waals surface area contributed by atoms with Gasteiger partial charge >= 0.3 is 0 Å². The average molecular weight is 241 g/mol. The molecule has 0 bridgehead atoms. The SMILES string of the molecule is Cl.FC1(F)CNCCC1N1CCCCC1. The van der Waals surface area contributed by atoms with Crippen molar-refractivity contribution in [2.75, 3.05) is 26.2 Å². The maximum Gasteiger partial charge on any atom is 0.275 e. The van der Waals surface area contributed by atoms with Gasteiger partial charge in [0.05, 0.1) is 12.6 Å². The third-order valence-corrected chi connectivity index (χ3v) is 3.27. The van der Waals surface area contributed by atoms with Gasteiger partial charge in [-0.15, -0.1) is 12.4 Å². The average Bonchev–Trinajstić information content (AvgIpc) is 2.18.